The van der Waals surface area contributed by atoms with Gasteiger partial charge in [0, 0.05) is 4.88 Å². The highest BCUT2D eigenvalue weighted by atomic mass is 32.1. The van der Waals surface area contributed by atoms with E-state index in [1.165, 1.54) is 5.56 Å². The van der Waals surface area contributed by atoms with Crippen LogP contribution in [0.25, 0.3) is 0 Å². The molecule has 0 fully saturated rings. The van der Waals surface area contributed by atoms with E-state index in [-0.39, 0.29) is 5.91 Å². The molecule has 82 valence electrons. The third-order valence-electron chi connectivity index (χ3n) is 2.49. The van der Waals surface area contributed by atoms with Crippen LogP contribution in [0.5, 0.6) is 0 Å². The van der Waals surface area contributed by atoms with Gasteiger partial charge in [0.1, 0.15) is 0 Å². The van der Waals surface area contributed by atoms with Crippen LogP contribution >= 0.6 is 11.3 Å². The van der Waals surface area contributed by atoms with E-state index in [1.807, 2.05) is 23.6 Å². The molecule has 0 saturated heterocycles. The summed E-state index contributed by atoms with van der Waals surface area (Å²) in [5.41, 5.74) is 7.25. The Morgan fingerprint density at radius 2 is 1.88 bits per heavy atom. The van der Waals surface area contributed by atoms with E-state index in [1.54, 1.807) is 17.4 Å². The second kappa shape index (κ2) is 4.94. The average molecular weight is 231 g/mol. The molecule has 16 heavy (non-hydrogen) atoms. The number of benzene rings is 1. The van der Waals surface area contributed by atoms with Crippen molar-refractivity contribution >= 4 is 17.2 Å². The van der Waals surface area contributed by atoms with E-state index in [9.17, 15) is 4.79 Å². The van der Waals surface area contributed by atoms with Crippen molar-refractivity contribution in [2.75, 3.05) is 0 Å². The molecule has 2 rings (SSSR count). The molecule has 0 saturated carbocycles. The number of aryl methyl sites for hydroxylation is 2. The summed E-state index contributed by atoms with van der Waals surface area (Å²) in [6, 6.07) is 12.0. The Hall–Kier alpha value is -1.61. The zero-order valence-electron chi connectivity index (χ0n) is 8.85. The zero-order valence-corrected chi connectivity index (χ0v) is 9.67. The Labute approximate surface area is 98.7 Å². The lowest BCUT2D eigenvalue weighted by Gasteiger charge is -2.01. The second-order valence-electron chi connectivity index (χ2n) is 3.61. The first-order valence-corrected chi connectivity index (χ1v) is 6.05. The molecule has 0 spiro atoms. The van der Waals surface area contributed by atoms with Gasteiger partial charge < -0.3 is 5.73 Å². The first-order chi connectivity index (χ1) is 7.77. The van der Waals surface area contributed by atoms with Crippen molar-refractivity contribution in [1.29, 1.82) is 0 Å². The van der Waals surface area contributed by atoms with E-state index < -0.39 is 0 Å². The predicted molar refractivity (Wildman–Crippen MR) is 66.7 cm³/mol. The van der Waals surface area contributed by atoms with Crippen molar-refractivity contribution in [3.8, 4) is 0 Å². The molecule has 0 unspecified atom stereocenters. The zero-order chi connectivity index (χ0) is 11.4. The molecule has 2 N–H and O–H groups in total. The molecule has 1 aromatic heterocycles. The van der Waals surface area contributed by atoms with Gasteiger partial charge in [-0.1, -0.05) is 30.3 Å². The summed E-state index contributed by atoms with van der Waals surface area (Å²) < 4.78 is 0. The summed E-state index contributed by atoms with van der Waals surface area (Å²) in [7, 11) is 0. The number of hydrogen-bond acceptors (Lipinski definition) is 2. The summed E-state index contributed by atoms with van der Waals surface area (Å²) in [4.78, 5) is 12.2. The topological polar surface area (TPSA) is 43.1 Å². The van der Waals surface area contributed by atoms with Crippen molar-refractivity contribution < 1.29 is 4.79 Å². The monoisotopic (exact) mass is 231 g/mol. The number of nitrogens with two attached hydrogens (primary N) is 1. The van der Waals surface area contributed by atoms with Crippen LogP contribution in [0.15, 0.2) is 41.8 Å². The highest BCUT2D eigenvalue weighted by molar-refractivity contribution is 7.10. The SMILES string of the molecule is NC(=O)c1ccsc1CCc1ccccc1. The molecule has 0 bridgehead atoms. The molecule has 1 heterocycles. The van der Waals surface area contributed by atoms with Gasteiger partial charge in [0.05, 0.1) is 5.56 Å². The smallest absolute Gasteiger partial charge is 0.249 e. The van der Waals surface area contributed by atoms with Gasteiger partial charge in [-0.15, -0.1) is 11.3 Å². The number of hydrogen-bond donors (Lipinski definition) is 1. The van der Waals surface area contributed by atoms with Crippen LogP contribution in [0.2, 0.25) is 0 Å². The lowest BCUT2D eigenvalue weighted by Crippen LogP contribution is -2.12. The molecule has 0 aliphatic rings. The average Bonchev–Trinajstić information content (AvgIpc) is 2.76. The molecular weight excluding hydrogens is 218 g/mol. The number of amides is 1. The van der Waals surface area contributed by atoms with E-state index in [0.717, 1.165) is 17.7 Å². The first kappa shape index (κ1) is 10.9. The predicted octanol–water partition coefficient (Wildman–Crippen LogP) is 2.63. The second-order valence-corrected chi connectivity index (χ2v) is 4.61. The van der Waals surface area contributed by atoms with Crippen molar-refractivity contribution in [3.05, 3.63) is 57.8 Å². The van der Waals surface area contributed by atoms with Crippen LogP contribution in [0.1, 0.15) is 20.8 Å². The number of thiophene rings is 1. The summed E-state index contributed by atoms with van der Waals surface area (Å²) in [6.45, 7) is 0. The summed E-state index contributed by atoms with van der Waals surface area (Å²) >= 11 is 1.60. The molecule has 0 aliphatic heterocycles. The molecular formula is C13H13NOS. The largest absolute Gasteiger partial charge is 0.366 e. The fraction of sp³-hybridized carbons (Fsp3) is 0.154. The third kappa shape index (κ3) is 2.49. The molecule has 0 aliphatic carbocycles. The van der Waals surface area contributed by atoms with Crippen molar-refractivity contribution in [2.24, 2.45) is 5.73 Å². The summed E-state index contributed by atoms with van der Waals surface area (Å²) in [5.74, 6) is -0.329. The highest BCUT2D eigenvalue weighted by Gasteiger charge is 2.08. The molecule has 1 amide bonds. The fourth-order valence-corrected chi connectivity index (χ4v) is 2.54. The minimum atomic E-state index is -0.329. The minimum Gasteiger partial charge on any atom is -0.366 e. The van der Waals surface area contributed by atoms with Gasteiger partial charge in [0.15, 0.2) is 0 Å². The first-order valence-electron chi connectivity index (χ1n) is 5.17. The lowest BCUT2D eigenvalue weighted by atomic mass is 10.1. The third-order valence-corrected chi connectivity index (χ3v) is 3.48. The van der Waals surface area contributed by atoms with Gasteiger partial charge in [-0.25, -0.2) is 0 Å². The van der Waals surface area contributed by atoms with Crippen LogP contribution in [0, 0.1) is 0 Å². The van der Waals surface area contributed by atoms with E-state index in [0.29, 0.717) is 5.56 Å². The molecule has 1 aromatic carbocycles. The maximum Gasteiger partial charge on any atom is 0.249 e. The Balaban J connectivity index is 2.05. The van der Waals surface area contributed by atoms with Gasteiger partial charge in [-0.2, -0.15) is 0 Å². The summed E-state index contributed by atoms with van der Waals surface area (Å²) in [5, 5.41) is 1.92. The standard InChI is InChI=1S/C13H13NOS/c14-13(15)11-8-9-16-12(11)7-6-10-4-2-1-3-5-10/h1-5,8-9H,6-7H2,(H2,14,15). The van der Waals surface area contributed by atoms with Crippen LogP contribution in [0.4, 0.5) is 0 Å². The van der Waals surface area contributed by atoms with Crippen molar-refractivity contribution in [3.63, 3.8) is 0 Å². The quantitative estimate of drug-likeness (QED) is 0.863. The minimum absolute atomic E-state index is 0.329. The molecule has 3 heteroatoms. The number of carbonyl (C=O) groups is 1. The Bertz CT molecular complexity index is 476. The van der Waals surface area contributed by atoms with Crippen LogP contribution in [-0.2, 0) is 12.8 Å². The lowest BCUT2D eigenvalue weighted by molar-refractivity contribution is 0.1000. The molecule has 2 nitrogen and oxygen atoms in total. The van der Waals surface area contributed by atoms with Gasteiger partial charge in [-0.05, 0) is 29.9 Å². The van der Waals surface area contributed by atoms with Crippen LogP contribution in [-0.4, -0.2) is 5.91 Å². The Morgan fingerprint density at radius 3 is 2.56 bits per heavy atom. The molecule has 0 radical (unpaired) electrons. The molecule has 0 atom stereocenters. The highest BCUT2D eigenvalue weighted by Crippen LogP contribution is 2.18. The van der Waals surface area contributed by atoms with Gasteiger partial charge in [0.2, 0.25) is 5.91 Å². The fourth-order valence-electron chi connectivity index (χ4n) is 1.66. The van der Waals surface area contributed by atoms with Crippen molar-refractivity contribution in [1.82, 2.24) is 0 Å². The maximum absolute atomic E-state index is 11.1. The van der Waals surface area contributed by atoms with Gasteiger partial charge >= 0.3 is 0 Å². The Morgan fingerprint density at radius 1 is 1.12 bits per heavy atom. The number of primary amides is 1. The van der Waals surface area contributed by atoms with Crippen molar-refractivity contribution in [2.45, 2.75) is 12.8 Å². The molecule has 2 aromatic rings. The van der Waals surface area contributed by atoms with E-state index in [2.05, 4.69) is 12.1 Å². The van der Waals surface area contributed by atoms with E-state index >= 15 is 0 Å². The number of rotatable bonds is 4. The van der Waals surface area contributed by atoms with Gasteiger partial charge in [-0.3, -0.25) is 4.79 Å². The normalized spacial score (nSPS) is 10.2. The van der Waals surface area contributed by atoms with E-state index in [4.69, 9.17) is 5.73 Å². The number of carbonyl (C=O) groups excluding carboxylic acids is 1. The van der Waals surface area contributed by atoms with Gasteiger partial charge in [0.25, 0.3) is 0 Å². The van der Waals surface area contributed by atoms with Crippen LogP contribution in [0.3, 0.4) is 0 Å². The van der Waals surface area contributed by atoms with Crippen LogP contribution < -0.4 is 5.73 Å². The Kier molecular flexibility index (Phi) is 3.37. The summed E-state index contributed by atoms with van der Waals surface area (Å²) in [6.07, 6.45) is 1.82. The maximum atomic E-state index is 11.1.